The lowest BCUT2D eigenvalue weighted by atomic mass is 9.87. The predicted molar refractivity (Wildman–Crippen MR) is 84.8 cm³/mol. The van der Waals surface area contributed by atoms with E-state index >= 15 is 0 Å². The monoisotopic (exact) mass is 263 g/mol. The summed E-state index contributed by atoms with van der Waals surface area (Å²) in [6, 6.07) is 2.12. The van der Waals surface area contributed by atoms with Gasteiger partial charge in [-0.25, -0.2) is 0 Å². The molecule has 0 unspecified atom stereocenters. The van der Waals surface area contributed by atoms with Crippen LogP contribution in [0.4, 0.5) is 11.4 Å². The molecule has 108 valence electrons. The van der Waals surface area contributed by atoms with Crippen LogP contribution in [0.2, 0.25) is 0 Å². The molecule has 3 heteroatoms. The average Bonchev–Trinajstić information content (AvgIpc) is 2.38. The first kappa shape index (κ1) is 15.8. The largest absolute Gasteiger partial charge is 0.384 e. The van der Waals surface area contributed by atoms with Crippen molar-refractivity contribution in [2.75, 3.05) is 23.7 Å². The molecule has 1 heterocycles. The van der Waals surface area contributed by atoms with Gasteiger partial charge in [0, 0.05) is 13.1 Å². The summed E-state index contributed by atoms with van der Waals surface area (Å²) in [6.45, 7) is 10.9. The van der Waals surface area contributed by atoms with Crippen LogP contribution < -0.4 is 10.6 Å². The van der Waals surface area contributed by atoms with Gasteiger partial charge >= 0.3 is 0 Å². The second-order valence-electron chi connectivity index (χ2n) is 5.97. The number of aromatic nitrogens is 1. The van der Waals surface area contributed by atoms with Crippen LogP contribution in [0, 0.1) is 5.41 Å². The Morgan fingerprint density at radius 2 is 1.74 bits per heavy atom. The van der Waals surface area contributed by atoms with E-state index in [1.54, 1.807) is 0 Å². The van der Waals surface area contributed by atoms with E-state index in [0.717, 1.165) is 24.5 Å². The zero-order valence-corrected chi connectivity index (χ0v) is 12.9. The van der Waals surface area contributed by atoms with Crippen molar-refractivity contribution in [3.05, 3.63) is 18.5 Å². The Labute approximate surface area is 118 Å². The molecule has 0 saturated carbocycles. The molecule has 0 aliphatic rings. The summed E-state index contributed by atoms with van der Waals surface area (Å²) in [5, 5.41) is 6.79. The molecule has 1 aromatic heterocycles. The van der Waals surface area contributed by atoms with Crippen LogP contribution in [0.1, 0.15) is 53.4 Å². The third-order valence-corrected chi connectivity index (χ3v) is 3.35. The molecular weight excluding hydrogens is 234 g/mol. The van der Waals surface area contributed by atoms with Crippen LogP contribution in [-0.2, 0) is 0 Å². The van der Waals surface area contributed by atoms with Gasteiger partial charge in [-0.15, -0.1) is 0 Å². The summed E-state index contributed by atoms with van der Waals surface area (Å²) in [4.78, 5) is 4.25. The van der Waals surface area contributed by atoms with Crippen LogP contribution >= 0.6 is 0 Å². The predicted octanol–water partition coefficient (Wildman–Crippen LogP) is 4.53. The highest BCUT2D eigenvalue weighted by Crippen LogP contribution is 2.24. The molecule has 0 radical (unpaired) electrons. The minimum Gasteiger partial charge on any atom is -0.384 e. The first-order valence-corrected chi connectivity index (χ1v) is 7.50. The Kier molecular flexibility index (Phi) is 6.68. The quantitative estimate of drug-likeness (QED) is 0.643. The molecule has 0 aliphatic carbocycles. The van der Waals surface area contributed by atoms with Gasteiger partial charge in [-0.05, 0) is 24.8 Å². The van der Waals surface area contributed by atoms with Crippen molar-refractivity contribution >= 4 is 11.4 Å². The van der Waals surface area contributed by atoms with Gasteiger partial charge in [0.2, 0.25) is 0 Å². The normalized spacial score (nSPS) is 11.4. The van der Waals surface area contributed by atoms with E-state index in [2.05, 4.69) is 49.4 Å². The van der Waals surface area contributed by atoms with Gasteiger partial charge in [0.25, 0.3) is 0 Å². The number of pyridine rings is 1. The van der Waals surface area contributed by atoms with Gasteiger partial charge in [-0.3, -0.25) is 4.98 Å². The summed E-state index contributed by atoms with van der Waals surface area (Å²) < 4.78 is 0. The highest BCUT2D eigenvalue weighted by Gasteiger charge is 2.16. The van der Waals surface area contributed by atoms with E-state index in [4.69, 9.17) is 0 Å². The van der Waals surface area contributed by atoms with E-state index in [9.17, 15) is 0 Å². The molecule has 2 N–H and O–H groups in total. The fourth-order valence-electron chi connectivity index (χ4n) is 2.12. The van der Waals surface area contributed by atoms with E-state index < -0.39 is 0 Å². The number of rotatable bonds is 9. The number of unbranched alkanes of at least 4 members (excludes halogenated alkanes) is 2. The molecule has 0 aliphatic heterocycles. The van der Waals surface area contributed by atoms with Crippen LogP contribution in [0.25, 0.3) is 0 Å². The average molecular weight is 263 g/mol. The van der Waals surface area contributed by atoms with Gasteiger partial charge < -0.3 is 10.6 Å². The lowest BCUT2D eigenvalue weighted by Gasteiger charge is -2.25. The van der Waals surface area contributed by atoms with Crippen molar-refractivity contribution in [1.29, 1.82) is 0 Å². The number of hydrogen-bond acceptors (Lipinski definition) is 3. The Morgan fingerprint density at radius 1 is 1.05 bits per heavy atom. The van der Waals surface area contributed by atoms with Crippen LogP contribution in [0.15, 0.2) is 18.5 Å². The summed E-state index contributed by atoms with van der Waals surface area (Å²) in [6.07, 6.45) is 8.97. The highest BCUT2D eigenvalue weighted by molar-refractivity contribution is 5.53. The zero-order valence-electron chi connectivity index (χ0n) is 12.9. The van der Waals surface area contributed by atoms with Gasteiger partial charge in [-0.2, -0.15) is 0 Å². The maximum atomic E-state index is 4.25. The topological polar surface area (TPSA) is 37.0 Å². The first-order valence-electron chi connectivity index (χ1n) is 7.50. The Balaban J connectivity index is 2.44. The van der Waals surface area contributed by atoms with Gasteiger partial charge in [0.15, 0.2) is 0 Å². The SMILES string of the molecule is CCCCCC(C)(C)CNc1cncc(NCC)c1. The van der Waals surface area contributed by atoms with E-state index in [-0.39, 0.29) is 0 Å². The molecule has 0 aromatic carbocycles. The molecule has 19 heavy (non-hydrogen) atoms. The van der Waals surface area contributed by atoms with Crippen molar-refractivity contribution < 1.29 is 0 Å². The molecule has 0 amide bonds. The number of anilines is 2. The first-order chi connectivity index (χ1) is 9.07. The molecule has 1 aromatic rings. The minimum atomic E-state index is 0.337. The lowest BCUT2D eigenvalue weighted by Crippen LogP contribution is -2.23. The third kappa shape index (κ3) is 6.46. The molecule has 0 spiro atoms. The fraction of sp³-hybridized carbons (Fsp3) is 0.688. The molecule has 1 rings (SSSR count). The fourth-order valence-corrected chi connectivity index (χ4v) is 2.12. The maximum absolute atomic E-state index is 4.25. The van der Waals surface area contributed by atoms with Crippen molar-refractivity contribution in [1.82, 2.24) is 4.98 Å². The van der Waals surface area contributed by atoms with Crippen LogP contribution in [-0.4, -0.2) is 18.1 Å². The molecular formula is C16H29N3. The standard InChI is InChI=1S/C16H29N3/c1-5-7-8-9-16(3,4)13-19-15-10-14(18-6-2)11-17-12-15/h10-12,18-19H,5-9,13H2,1-4H3. The minimum absolute atomic E-state index is 0.337. The Hall–Kier alpha value is -1.25. The summed E-state index contributed by atoms with van der Waals surface area (Å²) in [7, 11) is 0. The zero-order chi connectivity index (χ0) is 14.1. The van der Waals surface area contributed by atoms with E-state index in [1.165, 1.54) is 25.7 Å². The number of nitrogens with one attached hydrogen (secondary N) is 2. The van der Waals surface area contributed by atoms with E-state index in [0.29, 0.717) is 5.41 Å². The lowest BCUT2D eigenvalue weighted by molar-refractivity contribution is 0.342. The number of nitrogens with zero attached hydrogens (tertiary/aromatic N) is 1. The maximum Gasteiger partial charge on any atom is 0.0547 e. The molecule has 0 bridgehead atoms. The second-order valence-corrected chi connectivity index (χ2v) is 5.97. The Morgan fingerprint density at radius 3 is 2.37 bits per heavy atom. The van der Waals surface area contributed by atoms with Crippen molar-refractivity contribution in [3.8, 4) is 0 Å². The third-order valence-electron chi connectivity index (χ3n) is 3.35. The molecule has 3 nitrogen and oxygen atoms in total. The van der Waals surface area contributed by atoms with E-state index in [1.807, 2.05) is 12.4 Å². The summed E-state index contributed by atoms with van der Waals surface area (Å²) in [5.74, 6) is 0. The summed E-state index contributed by atoms with van der Waals surface area (Å²) >= 11 is 0. The number of hydrogen-bond donors (Lipinski definition) is 2. The van der Waals surface area contributed by atoms with Gasteiger partial charge in [0.1, 0.15) is 0 Å². The second kappa shape index (κ2) is 8.03. The smallest absolute Gasteiger partial charge is 0.0547 e. The van der Waals surface area contributed by atoms with Gasteiger partial charge in [-0.1, -0.05) is 40.0 Å². The molecule has 0 atom stereocenters. The van der Waals surface area contributed by atoms with Crippen molar-refractivity contribution in [3.63, 3.8) is 0 Å². The van der Waals surface area contributed by atoms with Crippen LogP contribution in [0.3, 0.4) is 0 Å². The van der Waals surface area contributed by atoms with Gasteiger partial charge in [0.05, 0.1) is 23.8 Å². The van der Waals surface area contributed by atoms with Crippen LogP contribution in [0.5, 0.6) is 0 Å². The van der Waals surface area contributed by atoms with Crippen molar-refractivity contribution in [2.45, 2.75) is 53.4 Å². The summed E-state index contributed by atoms with van der Waals surface area (Å²) in [5.41, 5.74) is 2.52. The van der Waals surface area contributed by atoms with Crippen molar-refractivity contribution in [2.24, 2.45) is 5.41 Å². The molecule has 0 fully saturated rings. The molecule has 0 saturated heterocycles. The highest BCUT2D eigenvalue weighted by atomic mass is 14.9. The Bertz CT molecular complexity index is 361.